The highest BCUT2D eigenvalue weighted by molar-refractivity contribution is 9.11. The second-order valence-electron chi connectivity index (χ2n) is 6.05. The first-order chi connectivity index (χ1) is 15.8. The van der Waals surface area contributed by atoms with Gasteiger partial charge in [-0.2, -0.15) is 0 Å². The van der Waals surface area contributed by atoms with E-state index >= 15 is 0 Å². The fourth-order valence-corrected chi connectivity index (χ4v) is 3.90. The van der Waals surface area contributed by atoms with E-state index in [0.717, 1.165) is 5.56 Å². The third-order valence-corrected chi connectivity index (χ3v) is 5.03. The minimum Gasteiger partial charge on any atom is -0.493 e. The Morgan fingerprint density at radius 1 is 1.27 bits per heavy atom. The van der Waals surface area contributed by atoms with Crippen LogP contribution >= 0.6 is 31.9 Å². The number of halogens is 2. The van der Waals surface area contributed by atoms with Crippen molar-refractivity contribution in [1.82, 2.24) is 4.98 Å². The number of carbonyl (C=O) groups excluding carboxylic acids is 1. The summed E-state index contributed by atoms with van der Waals surface area (Å²) in [6.45, 7) is 9.84. The lowest BCUT2D eigenvalue weighted by atomic mass is 10.1. The van der Waals surface area contributed by atoms with Crippen molar-refractivity contribution in [2.45, 2.75) is 27.2 Å². The highest BCUT2D eigenvalue weighted by Crippen LogP contribution is 2.37. The molecule has 0 unspecified atom stereocenters. The van der Waals surface area contributed by atoms with E-state index in [4.69, 9.17) is 14.2 Å². The largest absolute Gasteiger partial charge is 0.493 e. The van der Waals surface area contributed by atoms with E-state index in [9.17, 15) is 14.9 Å². The molecule has 180 valence electrons. The molecule has 0 saturated heterocycles. The number of carbonyl (C=O) groups is 1. The van der Waals surface area contributed by atoms with Gasteiger partial charge in [-0.15, -0.1) is 0 Å². The molecule has 0 aliphatic carbocycles. The van der Waals surface area contributed by atoms with Gasteiger partial charge in [-0.25, -0.2) is 9.78 Å². The Labute approximate surface area is 210 Å². The van der Waals surface area contributed by atoms with Crippen molar-refractivity contribution in [2.24, 2.45) is 0 Å². The maximum absolute atomic E-state index is 12.6. The molecular weight excluding hydrogens is 562 g/mol. The van der Waals surface area contributed by atoms with Crippen molar-refractivity contribution in [3.05, 3.63) is 61.8 Å². The molecule has 2 aromatic rings. The van der Waals surface area contributed by atoms with E-state index < -0.39 is 11.0 Å². The summed E-state index contributed by atoms with van der Waals surface area (Å²) in [6.07, 6.45) is 1.29. The van der Waals surface area contributed by atoms with E-state index in [1.807, 2.05) is 19.9 Å². The number of nitro groups is 1. The number of rotatable bonds is 10. The maximum Gasteiger partial charge on any atom is 0.414 e. The second kappa shape index (κ2) is 14.5. The van der Waals surface area contributed by atoms with Crippen molar-refractivity contribution in [3.63, 3.8) is 0 Å². The van der Waals surface area contributed by atoms with E-state index in [-0.39, 0.29) is 29.1 Å². The molecule has 0 atom stereocenters. The fraction of sp³-hybridized carbons (Fsp3) is 0.364. The molecule has 0 bridgehead atoms. The summed E-state index contributed by atoms with van der Waals surface area (Å²) in [7, 11) is 1.54. The van der Waals surface area contributed by atoms with Crippen LogP contribution in [0.4, 0.5) is 16.2 Å². The molecule has 1 aromatic heterocycles. The van der Waals surface area contributed by atoms with Gasteiger partial charge in [-0.05, 0) is 62.9 Å². The average Bonchev–Trinajstić information content (AvgIpc) is 2.78. The molecule has 33 heavy (non-hydrogen) atoms. The molecule has 11 heteroatoms. The van der Waals surface area contributed by atoms with Crippen LogP contribution in [0.25, 0.3) is 0 Å². The minimum atomic E-state index is -0.702. The average molecular weight is 589 g/mol. The van der Waals surface area contributed by atoms with Gasteiger partial charge >= 0.3 is 11.8 Å². The van der Waals surface area contributed by atoms with Crippen molar-refractivity contribution in [3.8, 4) is 11.5 Å². The third kappa shape index (κ3) is 8.01. The van der Waals surface area contributed by atoms with Gasteiger partial charge in [0.2, 0.25) is 0 Å². The Hall–Kier alpha value is -2.66. The summed E-state index contributed by atoms with van der Waals surface area (Å²) < 4.78 is 16.4. The number of pyridine rings is 1. The lowest BCUT2D eigenvalue weighted by Gasteiger charge is -2.22. The van der Waals surface area contributed by atoms with Crippen LogP contribution in [0.2, 0.25) is 0 Å². The van der Waals surface area contributed by atoms with Crippen LogP contribution in [-0.4, -0.2) is 42.9 Å². The molecule has 2 rings (SSSR count). The van der Waals surface area contributed by atoms with Crippen molar-refractivity contribution in [1.29, 1.82) is 0 Å². The molecule has 9 nitrogen and oxygen atoms in total. The van der Waals surface area contributed by atoms with Gasteiger partial charge in [0.1, 0.15) is 16.9 Å². The normalized spacial score (nSPS) is 9.88. The zero-order valence-electron chi connectivity index (χ0n) is 19.0. The zero-order valence-corrected chi connectivity index (χ0v) is 22.1. The zero-order chi connectivity index (χ0) is 25.0. The number of methoxy groups -OCH3 is 1. The van der Waals surface area contributed by atoms with Crippen LogP contribution in [-0.2, 0) is 11.2 Å². The first kappa shape index (κ1) is 28.4. The van der Waals surface area contributed by atoms with Crippen molar-refractivity contribution < 1.29 is 23.9 Å². The van der Waals surface area contributed by atoms with Crippen molar-refractivity contribution in [2.75, 3.05) is 31.8 Å². The van der Waals surface area contributed by atoms with Crippen LogP contribution < -0.4 is 14.4 Å². The van der Waals surface area contributed by atoms with Crippen molar-refractivity contribution >= 4 is 49.3 Å². The van der Waals surface area contributed by atoms with E-state index in [1.54, 1.807) is 25.1 Å². The molecule has 1 heterocycles. The van der Waals surface area contributed by atoms with Gasteiger partial charge in [0, 0.05) is 12.6 Å². The molecule has 0 aliphatic rings. The van der Waals surface area contributed by atoms with Gasteiger partial charge in [-0.3, -0.25) is 15.0 Å². The number of anilines is 1. The summed E-state index contributed by atoms with van der Waals surface area (Å²) in [6, 6.07) is 6.78. The topological polar surface area (TPSA) is 104 Å². The lowest BCUT2D eigenvalue weighted by Crippen LogP contribution is -2.34. The third-order valence-electron chi connectivity index (χ3n) is 4.07. The summed E-state index contributed by atoms with van der Waals surface area (Å²) in [5.74, 6) is 1.09. The Morgan fingerprint density at radius 3 is 2.55 bits per heavy atom. The number of hydrogen-bond acceptors (Lipinski definition) is 7. The molecule has 1 aromatic carbocycles. The van der Waals surface area contributed by atoms with E-state index in [2.05, 4.69) is 43.4 Å². The Balaban J connectivity index is 0.00000265. The monoisotopic (exact) mass is 587 g/mol. The number of nitrogens with zero attached hydrogens (tertiary/aromatic N) is 3. The highest BCUT2D eigenvalue weighted by Gasteiger charge is 2.29. The number of benzene rings is 1. The number of ether oxygens (including phenoxy) is 3. The first-order valence-corrected chi connectivity index (χ1v) is 11.8. The van der Waals surface area contributed by atoms with Gasteiger partial charge in [0.15, 0.2) is 16.1 Å². The maximum atomic E-state index is 12.6. The SMILES string of the molecule is C=CCOc1cc(CCN(C(=O)OCC)c2cc(Br)nc(Br)c2[N+](=O)[O-])ccc1OC.CC. The predicted molar refractivity (Wildman–Crippen MR) is 134 cm³/mol. The van der Waals surface area contributed by atoms with Gasteiger partial charge < -0.3 is 14.2 Å². The van der Waals surface area contributed by atoms with Gasteiger partial charge in [-0.1, -0.05) is 32.6 Å². The molecule has 1 amide bonds. The standard InChI is InChI=1S/C20H21Br2N3O6.C2H6/c1-4-10-31-16-11-13(6-7-15(16)29-3)8-9-24(20(26)30-5-2)14-12-17(21)23-19(22)18(14)25(27)28;1-2/h4,6-7,11-12H,1,5,8-10H2,2-3H3;1-2H3. The summed E-state index contributed by atoms with van der Waals surface area (Å²) >= 11 is 6.32. The van der Waals surface area contributed by atoms with Gasteiger partial charge in [0.05, 0.1) is 18.6 Å². The number of amides is 1. The molecule has 0 aliphatic heterocycles. The summed E-state index contributed by atoms with van der Waals surface area (Å²) in [4.78, 5) is 28.9. The fourth-order valence-electron chi connectivity index (χ4n) is 2.73. The number of aromatic nitrogens is 1. The molecule has 0 saturated carbocycles. The van der Waals surface area contributed by atoms with Crippen LogP contribution in [0, 0.1) is 10.1 Å². The van der Waals surface area contributed by atoms with E-state index in [1.165, 1.54) is 18.1 Å². The van der Waals surface area contributed by atoms with Gasteiger partial charge in [0.25, 0.3) is 0 Å². The molecule has 0 radical (unpaired) electrons. The molecule has 0 spiro atoms. The quantitative estimate of drug-likeness (QED) is 0.138. The predicted octanol–water partition coefficient (Wildman–Crippen LogP) is 6.32. The summed E-state index contributed by atoms with van der Waals surface area (Å²) in [5, 5.41) is 11.6. The highest BCUT2D eigenvalue weighted by atomic mass is 79.9. The van der Waals surface area contributed by atoms with Crippen LogP contribution in [0.3, 0.4) is 0 Å². The number of hydrogen-bond donors (Lipinski definition) is 0. The van der Waals surface area contributed by atoms with E-state index in [0.29, 0.717) is 29.1 Å². The molecular formula is C22H27Br2N3O6. The second-order valence-corrected chi connectivity index (χ2v) is 7.61. The molecule has 0 N–H and O–H groups in total. The Bertz CT molecular complexity index is 971. The van der Waals surface area contributed by atoms with Crippen LogP contribution in [0.15, 0.2) is 46.1 Å². The molecule has 0 fully saturated rings. The lowest BCUT2D eigenvalue weighted by molar-refractivity contribution is -0.385. The summed E-state index contributed by atoms with van der Waals surface area (Å²) in [5.41, 5.74) is 0.568. The smallest absolute Gasteiger partial charge is 0.414 e. The Kier molecular flexibility index (Phi) is 12.5. The Morgan fingerprint density at radius 2 is 1.97 bits per heavy atom. The van der Waals surface area contributed by atoms with Crippen LogP contribution in [0.1, 0.15) is 26.3 Å². The van der Waals surface area contributed by atoms with Crippen LogP contribution in [0.5, 0.6) is 11.5 Å². The first-order valence-electron chi connectivity index (χ1n) is 10.2. The minimum absolute atomic E-state index is 0.000678.